The van der Waals surface area contributed by atoms with Crippen molar-refractivity contribution in [3.63, 3.8) is 0 Å². The van der Waals surface area contributed by atoms with Crippen molar-refractivity contribution in [3.05, 3.63) is 107 Å². The summed E-state index contributed by atoms with van der Waals surface area (Å²) in [6.45, 7) is 4.28. The summed E-state index contributed by atoms with van der Waals surface area (Å²) in [5.41, 5.74) is 3.58. The molecule has 0 unspecified atom stereocenters. The van der Waals surface area contributed by atoms with Gasteiger partial charge in [0.25, 0.3) is 11.8 Å². The van der Waals surface area contributed by atoms with Gasteiger partial charge < -0.3 is 20.4 Å². The molecule has 0 bridgehead atoms. The Morgan fingerprint density at radius 3 is 1.29 bits per heavy atom. The van der Waals surface area contributed by atoms with Gasteiger partial charge in [0, 0.05) is 50.4 Å². The van der Waals surface area contributed by atoms with Gasteiger partial charge >= 0.3 is 0 Å². The molecule has 178 valence electrons. The molecule has 0 saturated heterocycles. The predicted octanol–water partition coefficient (Wildman–Crippen LogP) is 3.41. The maximum Gasteiger partial charge on any atom is 0.251 e. The van der Waals surface area contributed by atoms with Crippen LogP contribution in [0.3, 0.4) is 0 Å². The van der Waals surface area contributed by atoms with E-state index in [1.54, 1.807) is 24.3 Å². The summed E-state index contributed by atoms with van der Waals surface area (Å²) in [6.07, 6.45) is 0. The first-order valence-electron chi connectivity index (χ1n) is 11.6. The highest BCUT2D eigenvalue weighted by Gasteiger charge is 2.10. The topological polar surface area (TPSA) is 64.7 Å². The molecule has 0 spiro atoms. The monoisotopic (exact) mass is 458 g/mol. The number of hydrogen-bond donors (Lipinski definition) is 2. The summed E-state index contributed by atoms with van der Waals surface area (Å²) < 4.78 is 0. The molecule has 2 amide bonds. The van der Waals surface area contributed by atoms with Gasteiger partial charge in [-0.25, -0.2) is 0 Å². The van der Waals surface area contributed by atoms with Crippen LogP contribution in [0.4, 0.5) is 0 Å². The van der Waals surface area contributed by atoms with Gasteiger partial charge in [0.15, 0.2) is 0 Å². The summed E-state index contributed by atoms with van der Waals surface area (Å²) in [4.78, 5) is 29.2. The van der Waals surface area contributed by atoms with Gasteiger partial charge in [0.2, 0.25) is 0 Å². The number of amides is 2. The second-order valence-corrected chi connectivity index (χ2v) is 8.54. The summed E-state index contributed by atoms with van der Waals surface area (Å²) in [5, 5.41) is 5.89. The molecule has 2 N–H and O–H groups in total. The highest BCUT2D eigenvalue weighted by atomic mass is 16.2. The van der Waals surface area contributed by atoms with Crippen molar-refractivity contribution in [1.82, 2.24) is 20.4 Å². The molecule has 0 aliphatic heterocycles. The molecular weight excluding hydrogens is 424 g/mol. The van der Waals surface area contributed by atoms with Crippen LogP contribution in [0.2, 0.25) is 0 Å². The maximum atomic E-state index is 12.4. The number of hydrogen-bond acceptors (Lipinski definition) is 4. The van der Waals surface area contributed by atoms with E-state index >= 15 is 0 Å². The fourth-order valence-corrected chi connectivity index (χ4v) is 3.65. The highest BCUT2D eigenvalue weighted by Crippen LogP contribution is 2.06. The molecule has 0 aromatic heterocycles. The van der Waals surface area contributed by atoms with Crippen molar-refractivity contribution < 1.29 is 9.59 Å². The van der Waals surface area contributed by atoms with Crippen LogP contribution in [0, 0.1) is 0 Å². The third-order valence-corrected chi connectivity index (χ3v) is 5.56. The SMILES string of the molecule is CN(CCNC(=O)c1ccc(C(=O)NCCN(C)Cc2ccccc2)cc1)Cc1ccccc1. The minimum atomic E-state index is -0.136. The minimum absolute atomic E-state index is 0.136. The zero-order valence-corrected chi connectivity index (χ0v) is 20.0. The Balaban J connectivity index is 1.36. The molecule has 6 heteroatoms. The van der Waals surface area contributed by atoms with Crippen LogP contribution in [0.25, 0.3) is 0 Å². The average Bonchev–Trinajstić information content (AvgIpc) is 2.85. The smallest absolute Gasteiger partial charge is 0.251 e. The molecule has 3 rings (SSSR count). The Morgan fingerprint density at radius 2 is 0.941 bits per heavy atom. The Bertz CT molecular complexity index is 939. The highest BCUT2D eigenvalue weighted by molar-refractivity contribution is 5.97. The molecule has 0 atom stereocenters. The first-order valence-corrected chi connectivity index (χ1v) is 11.6. The number of likely N-dealkylation sites (N-methyl/N-ethyl adjacent to an activating group) is 2. The lowest BCUT2D eigenvalue weighted by Gasteiger charge is -2.17. The number of nitrogens with one attached hydrogen (secondary N) is 2. The van der Waals surface area contributed by atoms with Crippen molar-refractivity contribution in [1.29, 1.82) is 0 Å². The van der Waals surface area contributed by atoms with Crippen molar-refractivity contribution in [2.24, 2.45) is 0 Å². The Morgan fingerprint density at radius 1 is 0.588 bits per heavy atom. The quantitative estimate of drug-likeness (QED) is 0.437. The molecule has 34 heavy (non-hydrogen) atoms. The Hall–Kier alpha value is -3.48. The van der Waals surface area contributed by atoms with E-state index in [0.717, 1.165) is 26.2 Å². The lowest BCUT2D eigenvalue weighted by atomic mass is 10.1. The van der Waals surface area contributed by atoms with Crippen LogP contribution in [-0.4, -0.2) is 61.9 Å². The van der Waals surface area contributed by atoms with Gasteiger partial charge in [0.05, 0.1) is 0 Å². The zero-order chi connectivity index (χ0) is 24.2. The minimum Gasteiger partial charge on any atom is -0.351 e. The van der Waals surface area contributed by atoms with E-state index in [1.165, 1.54) is 11.1 Å². The number of carbonyl (C=O) groups is 2. The second-order valence-electron chi connectivity index (χ2n) is 8.54. The molecule has 0 fully saturated rings. The molecule has 6 nitrogen and oxygen atoms in total. The van der Waals surface area contributed by atoms with Crippen LogP contribution in [0.5, 0.6) is 0 Å². The van der Waals surface area contributed by atoms with Crippen molar-refractivity contribution in [2.45, 2.75) is 13.1 Å². The van der Waals surface area contributed by atoms with E-state index in [9.17, 15) is 9.59 Å². The third-order valence-electron chi connectivity index (χ3n) is 5.56. The normalized spacial score (nSPS) is 10.9. The Kier molecular flexibility index (Phi) is 9.82. The standard InChI is InChI=1S/C28H34N4O2/c1-31(21-23-9-5-3-6-10-23)19-17-29-27(33)25-13-15-26(16-14-25)28(34)30-18-20-32(2)22-24-11-7-4-8-12-24/h3-16H,17-22H2,1-2H3,(H,29,33)(H,30,34). The number of nitrogens with zero attached hydrogens (tertiary/aromatic N) is 2. The molecule has 0 heterocycles. The predicted molar refractivity (Wildman–Crippen MR) is 137 cm³/mol. The summed E-state index contributed by atoms with van der Waals surface area (Å²) in [5.74, 6) is -0.273. The van der Waals surface area contributed by atoms with Crippen LogP contribution in [-0.2, 0) is 13.1 Å². The lowest BCUT2D eigenvalue weighted by molar-refractivity contribution is 0.0937. The summed E-state index contributed by atoms with van der Waals surface area (Å²) in [7, 11) is 4.07. The number of carbonyl (C=O) groups excluding carboxylic acids is 2. The van der Waals surface area contributed by atoms with Gasteiger partial charge in [-0.2, -0.15) is 0 Å². The second kappa shape index (κ2) is 13.3. The van der Waals surface area contributed by atoms with Crippen LogP contribution >= 0.6 is 0 Å². The van der Waals surface area contributed by atoms with E-state index in [4.69, 9.17) is 0 Å². The van der Waals surface area contributed by atoms with Crippen molar-refractivity contribution in [2.75, 3.05) is 40.3 Å². The number of benzene rings is 3. The zero-order valence-electron chi connectivity index (χ0n) is 20.0. The van der Waals surface area contributed by atoms with Crippen LogP contribution < -0.4 is 10.6 Å². The van der Waals surface area contributed by atoms with E-state index in [-0.39, 0.29) is 11.8 Å². The van der Waals surface area contributed by atoms with Crippen molar-refractivity contribution >= 4 is 11.8 Å². The van der Waals surface area contributed by atoms with E-state index < -0.39 is 0 Å². The average molecular weight is 459 g/mol. The number of rotatable bonds is 12. The first kappa shape index (κ1) is 25.1. The molecule has 0 aliphatic rings. The van der Waals surface area contributed by atoms with Crippen molar-refractivity contribution in [3.8, 4) is 0 Å². The third kappa shape index (κ3) is 8.46. The van der Waals surface area contributed by atoms with Gasteiger partial charge in [-0.15, -0.1) is 0 Å². The van der Waals surface area contributed by atoms with Crippen LogP contribution in [0.1, 0.15) is 31.8 Å². The molecular formula is C28H34N4O2. The fraction of sp³-hybridized carbons (Fsp3) is 0.286. The maximum absolute atomic E-state index is 12.4. The van der Waals surface area contributed by atoms with Gasteiger partial charge in [-0.3, -0.25) is 9.59 Å². The van der Waals surface area contributed by atoms with Gasteiger partial charge in [-0.05, 0) is 49.5 Å². The van der Waals surface area contributed by atoms with Gasteiger partial charge in [0.1, 0.15) is 0 Å². The van der Waals surface area contributed by atoms with E-state index in [0.29, 0.717) is 24.2 Å². The fourth-order valence-electron chi connectivity index (χ4n) is 3.65. The van der Waals surface area contributed by atoms with E-state index in [2.05, 4.69) is 44.7 Å². The largest absolute Gasteiger partial charge is 0.351 e. The lowest BCUT2D eigenvalue weighted by Crippen LogP contribution is -2.33. The molecule has 3 aromatic carbocycles. The Labute approximate surface area is 202 Å². The molecule has 0 saturated carbocycles. The summed E-state index contributed by atoms with van der Waals surface area (Å²) in [6, 6.07) is 27.3. The molecule has 0 radical (unpaired) electrons. The van der Waals surface area contributed by atoms with Gasteiger partial charge in [-0.1, -0.05) is 60.7 Å². The molecule has 0 aliphatic carbocycles. The molecule has 3 aromatic rings. The first-order chi connectivity index (χ1) is 16.5. The summed E-state index contributed by atoms with van der Waals surface area (Å²) >= 11 is 0. The van der Waals surface area contributed by atoms with Crippen LogP contribution in [0.15, 0.2) is 84.9 Å². The van der Waals surface area contributed by atoms with E-state index in [1.807, 2.05) is 50.5 Å².